The van der Waals surface area contributed by atoms with Crippen molar-refractivity contribution < 1.29 is 17.9 Å². The molecule has 1 aromatic carbocycles. The van der Waals surface area contributed by atoms with Crippen LogP contribution in [0.25, 0.3) is 33.8 Å². The molecule has 0 aliphatic carbocycles. The molecule has 4 aromatic heterocycles. The molecule has 202 valence electrons. The first-order valence-electron chi connectivity index (χ1n) is 12.5. The van der Waals surface area contributed by atoms with Crippen LogP contribution in [0.15, 0.2) is 49.2 Å². The van der Waals surface area contributed by atoms with Gasteiger partial charge in [-0.15, -0.1) is 0 Å². The van der Waals surface area contributed by atoms with Crippen LogP contribution in [0.3, 0.4) is 0 Å². The van der Waals surface area contributed by atoms with Crippen molar-refractivity contribution in [3.63, 3.8) is 0 Å². The maximum Gasteiger partial charge on any atom is 0.434 e. The van der Waals surface area contributed by atoms with Gasteiger partial charge in [-0.1, -0.05) is 38.1 Å². The van der Waals surface area contributed by atoms with E-state index in [-0.39, 0.29) is 17.8 Å². The normalized spacial score (nSPS) is 12.8. The second-order valence-electron chi connectivity index (χ2n) is 9.39. The summed E-state index contributed by atoms with van der Waals surface area (Å²) in [6.45, 7) is 8.17. The second kappa shape index (κ2) is 10.1. The van der Waals surface area contributed by atoms with Gasteiger partial charge in [-0.2, -0.15) is 18.3 Å². The Morgan fingerprint density at radius 1 is 0.974 bits per heavy atom. The molecule has 0 fully saturated rings. The van der Waals surface area contributed by atoms with Crippen molar-refractivity contribution in [2.24, 2.45) is 0 Å². The van der Waals surface area contributed by atoms with Gasteiger partial charge in [-0.25, -0.2) is 29.6 Å². The first-order chi connectivity index (χ1) is 18.6. The van der Waals surface area contributed by atoms with Gasteiger partial charge in [-0.05, 0) is 25.3 Å². The molecule has 4 heterocycles. The fourth-order valence-corrected chi connectivity index (χ4v) is 4.50. The molecule has 0 aliphatic heterocycles. The van der Waals surface area contributed by atoms with Gasteiger partial charge in [-0.3, -0.25) is 0 Å². The lowest BCUT2D eigenvalue weighted by Crippen LogP contribution is -2.10. The number of fused-ring (bicyclic) bond motifs is 1. The Kier molecular flexibility index (Phi) is 6.79. The number of halogens is 3. The van der Waals surface area contributed by atoms with Gasteiger partial charge in [0.25, 0.3) is 0 Å². The van der Waals surface area contributed by atoms with E-state index < -0.39 is 11.9 Å². The highest BCUT2D eigenvalue weighted by Gasteiger charge is 2.34. The van der Waals surface area contributed by atoms with Gasteiger partial charge in [0.2, 0.25) is 5.88 Å². The summed E-state index contributed by atoms with van der Waals surface area (Å²) >= 11 is 0. The van der Waals surface area contributed by atoms with Crippen LogP contribution in [0.4, 0.5) is 13.2 Å². The first kappa shape index (κ1) is 26.3. The third-order valence-electron chi connectivity index (χ3n) is 6.57. The lowest BCUT2D eigenvalue weighted by molar-refractivity contribution is -0.140. The van der Waals surface area contributed by atoms with Crippen LogP contribution in [0.5, 0.6) is 5.88 Å². The van der Waals surface area contributed by atoms with Crippen LogP contribution >= 0.6 is 0 Å². The number of alkyl halides is 3. The van der Waals surface area contributed by atoms with Gasteiger partial charge in [0.1, 0.15) is 17.7 Å². The third kappa shape index (κ3) is 4.82. The topological polar surface area (TPSA) is 96.4 Å². The molecule has 0 N–H and O–H groups in total. The molecule has 39 heavy (non-hydrogen) atoms. The Hall–Kier alpha value is -4.35. The Morgan fingerprint density at radius 3 is 2.36 bits per heavy atom. The number of methoxy groups -OCH3 is 1. The van der Waals surface area contributed by atoms with E-state index in [2.05, 4.69) is 25.0 Å². The summed E-state index contributed by atoms with van der Waals surface area (Å²) in [4.78, 5) is 21.9. The van der Waals surface area contributed by atoms with Crippen molar-refractivity contribution in [2.45, 2.75) is 52.4 Å². The molecule has 12 heteroatoms. The molecule has 0 unspecified atom stereocenters. The molecule has 1 atom stereocenters. The van der Waals surface area contributed by atoms with Crippen LogP contribution in [0, 0.1) is 0 Å². The number of imidazole rings is 1. The summed E-state index contributed by atoms with van der Waals surface area (Å²) < 4.78 is 48.4. The Morgan fingerprint density at radius 2 is 1.72 bits per heavy atom. The highest BCUT2D eigenvalue weighted by molar-refractivity contribution is 5.77. The number of ether oxygens (including phenoxy) is 1. The van der Waals surface area contributed by atoms with E-state index in [4.69, 9.17) is 9.72 Å². The number of hydrogen-bond acceptors (Lipinski definition) is 7. The van der Waals surface area contributed by atoms with E-state index in [9.17, 15) is 13.2 Å². The van der Waals surface area contributed by atoms with Crippen LogP contribution < -0.4 is 4.74 Å². The molecule has 0 saturated heterocycles. The lowest BCUT2D eigenvalue weighted by atomic mass is 10.0. The summed E-state index contributed by atoms with van der Waals surface area (Å²) in [5.41, 5.74) is 2.61. The zero-order valence-electron chi connectivity index (χ0n) is 22.1. The molecule has 0 spiro atoms. The number of hydrogen-bond donors (Lipinski definition) is 0. The van der Waals surface area contributed by atoms with E-state index >= 15 is 0 Å². The fourth-order valence-electron chi connectivity index (χ4n) is 4.50. The van der Waals surface area contributed by atoms with Crippen molar-refractivity contribution in [1.29, 1.82) is 0 Å². The van der Waals surface area contributed by atoms with E-state index in [1.807, 2.05) is 32.9 Å². The van der Waals surface area contributed by atoms with Gasteiger partial charge in [0, 0.05) is 24.5 Å². The standard InChI is InChI=1S/C27H27F3N8O/c1-6-37-13-20(27(28,29)30)35-24(37)18-9-7-17(8-10-18)16(4)38-25-19(12-34-38)11-31-23(36-25)21-22(15(2)3)32-14-33-26(21)39-5/h7-16H,6H2,1-5H3/t16-/m0/s1. The van der Waals surface area contributed by atoms with E-state index in [1.165, 1.54) is 10.9 Å². The van der Waals surface area contributed by atoms with Crippen LogP contribution in [0.2, 0.25) is 0 Å². The molecule has 5 aromatic rings. The molecule has 5 rings (SSSR count). The first-order valence-corrected chi connectivity index (χ1v) is 12.5. The number of nitrogens with zero attached hydrogens (tertiary/aromatic N) is 8. The quantitative estimate of drug-likeness (QED) is 0.254. The number of aromatic nitrogens is 8. The maximum absolute atomic E-state index is 13.2. The lowest BCUT2D eigenvalue weighted by Gasteiger charge is -2.16. The number of rotatable bonds is 7. The number of aryl methyl sites for hydroxylation is 1. The fraction of sp³-hybridized carbons (Fsp3) is 0.333. The minimum Gasteiger partial charge on any atom is -0.480 e. The Bertz CT molecular complexity index is 1620. The van der Waals surface area contributed by atoms with Crippen molar-refractivity contribution in [3.8, 4) is 28.7 Å². The van der Waals surface area contributed by atoms with Crippen molar-refractivity contribution >= 4 is 11.0 Å². The van der Waals surface area contributed by atoms with Crippen molar-refractivity contribution in [1.82, 2.24) is 39.3 Å². The monoisotopic (exact) mass is 536 g/mol. The molecule has 0 bridgehead atoms. The molecule has 0 amide bonds. The van der Waals surface area contributed by atoms with Gasteiger partial charge in [0.15, 0.2) is 17.2 Å². The summed E-state index contributed by atoms with van der Waals surface area (Å²) in [7, 11) is 1.54. The predicted octanol–water partition coefficient (Wildman–Crippen LogP) is 5.93. The molecule has 9 nitrogen and oxygen atoms in total. The highest BCUT2D eigenvalue weighted by Crippen LogP contribution is 2.34. The van der Waals surface area contributed by atoms with E-state index in [1.54, 1.807) is 43.2 Å². The summed E-state index contributed by atoms with van der Waals surface area (Å²) in [5.74, 6) is 1.18. The average molecular weight is 537 g/mol. The van der Waals surface area contributed by atoms with Gasteiger partial charge in [0.05, 0.1) is 30.4 Å². The second-order valence-corrected chi connectivity index (χ2v) is 9.39. The summed E-state index contributed by atoms with van der Waals surface area (Å²) in [6.07, 6.45) is 1.40. The summed E-state index contributed by atoms with van der Waals surface area (Å²) in [6, 6.07) is 7.04. The predicted molar refractivity (Wildman–Crippen MR) is 139 cm³/mol. The molecule has 0 radical (unpaired) electrons. The largest absolute Gasteiger partial charge is 0.480 e. The van der Waals surface area contributed by atoms with Crippen molar-refractivity contribution in [2.75, 3.05) is 7.11 Å². The number of benzene rings is 1. The van der Waals surface area contributed by atoms with Crippen LogP contribution in [-0.2, 0) is 12.7 Å². The smallest absolute Gasteiger partial charge is 0.434 e. The molecule has 0 aliphatic rings. The van der Waals surface area contributed by atoms with E-state index in [0.717, 1.165) is 22.8 Å². The average Bonchev–Trinajstić information content (AvgIpc) is 3.56. The zero-order chi connectivity index (χ0) is 27.9. The zero-order valence-corrected chi connectivity index (χ0v) is 22.1. The Balaban J connectivity index is 1.51. The van der Waals surface area contributed by atoms with E-state index in [0.29, 0.717) is 35.0 Å². The third-order valence-corrected chi connectivity index (χ3v) is 6.57. The van der Waals surface area contributed by atoms with Gasteiger partial charge < -0.3 is 9.30 Å². The molecular weight excluding hydrogens is 509 g/mol. The van der Waals surface area contributed by atoms with Crippen molar-refractivity contribution in [3.05, 3.63) is 66.1 Å². The Labute approximate surface area is 222 Å². The molecular formula is C27H27F3N8O. The highest BCUT2D eigenvalue weighted by atomic mass is 19.4. The SMILES string of the molecule is CCn1cc(C(F)(F)F)nc1-c1ccc([C@H](C)n2ncc3cnc(-c4c(OC)ncnc4C(C)C)nc32)cc1. The minimum atomic E-state index is -4.50. The minimum absolute atomic E-state index is 0.0917. The summed E-state index contributed by atoms with van der Waals surface area (Å²) in [5, 5.41) is 5.31. The molecule has 0 saturated carbocycles. The van der Waals surface area contributed by atoms with Crippen LogP contribution in [-0.4, -0.2) is 46.4 Å². The maximum atomic E-state index is 13.2. The van der Waals surface area contributed by atoms with Gasteiger partial charge >= 0.3 is 6.18 Å². The van der Waals surface area contributed by atoms with Crippen LogP contribution in [0.1, 0.15) is 56.6 Å².